The molecule has 3 amide bonds. The second-order valence-corrected chi connectivity index (χ2v) is 15.1. The molecule has 2 bridgehead atoms. The molecule has 5 aliphatic rings. The summed E-state index contributed by atoms with van der Waals surface area (Å²) in [6.45, 7) is 1.40. The number of nitrogens with one attached hydrogen (secondary N) is 1. The van der Waals surface area contributed by atoms with E-state index in [1.54, 1.807) is 24.9 Å². The van der Waals surface area contributed by atoms with E-state index in [9.17, 15) is 29.3 Å². The highest BCUT2D eigenvalue weighted by Gasteiger charge is 2.69. The fourth-order valence-corrected chi connectivity index (χ4v) is 11.6. The van der Waals surface area contributed by atoms with Gasteiger partial charge in [-0.3, -0.25) is 34.2 Å². The number of thiazole rings is 1. The molecular weight excluding hydrogens is 645 g/mol. The fourth-order valence-electron chi connectivity index (χ4n) is 8.74. The van der Waals surface area contributed by atoms with Crippen molar-refractivity contribution < 1.29 is 28.8 Å². The van der Waals surface area contributed by atoms with Crippen molar-refractivity contribution in [2.45, 2.75) is 41.9 Å². The zero-order chi connectivity index (χ0) is 32.6. The van der Waals surface area contributed by atoms with E-state index in [0.717, 1.165) is 54.2 Å². The van der Waals surface area contributed by atoms with Gasteiger partial charge in [-0.2, -0.15) is 0 Å². The molecule has 8 rings (SSSR count). The predicted octanol–water partition coefficient (Wildman–Crippen LogP) is 4.42. The van der Waals surface area contributed by atoms with E-state index in [1.807, 2.05) is 17.0 Å². The van der Waals surface area contributed by atoms with Gasteiger partial charge in [-0.25, -0.2) is 0 Å². The normalized spacial score (nSPS) is 29.0. The molecule has 4 fully saturated rings. The van der Waals surface area contributed by atoms with E-state index < -0.39 is 16.8 Å². The topological polar surface area (TPSA) is 152 Å². The van der Waals surface area contributed by atoms with Crippen molar-refractivity contribution in [2.24, 2.45) is 29.6 Å². The van der Waals surface area contributed by atoms with Crippen LogP contribution in [-0.2, 0) is 14.4 Å². The van der Waals surface area contributed by atoms with Gasteiger partial charge in [0.25, 0.3) is 11.6 Å². The Balaban J connectivity index is 1.10. The maximum atomic E-state index is 14.0. The van der Waals surface area contributed by atoms with Gasteiger partial charge >= 0.3 is 4.87 Å². The number of piperidine rings is 1. The first kappa shape index (κ1) is 30.2. The SMILES string of the molecule is COc1cc([C@@H]2c3sc(=O)[nH]c3S[C@@H]3[C@@H]4C[C@@H]([C@@H]5C(=O)N(c6ccc([N+](=O)[O-])cc6)C(=O)[C@@H]45)[C@H]23)ccc1OCC(=O)N1CCCCC1. The molecule has 0 radical (unpaired) electrons. The van der Waals surface area contributed by atoms with Crippen LogP contribution in [0.5, 0.6) is 11.5 Å². The first-order valence-corrected chi connectivity index (χ1v) is 17.5. The van der Waals surface area contributed by atoms with Crippen molar-refractivity contribution in [3.05, 3.63) is 72.7 Å². The minimum atomic E-state index is -0.514. The third-order valence-corrected chi connectivity index (χ3v) is 13.2. The molecule has 4 heterocycles. The number of hydrogen-bond acceptors (Lipinski definition) is 10. The Bertz CT molecular complexity index is 1850. The number of likely N-dealkylation sites (tertiary alicyclic amines) is 1. The van der Waals surface area contributed by atoms with Crippen LogP contribution in [0, 0.1) is 39.7 Å². The zero-order valence-electron chi connectivity index (χ0n) is 25.5. The molecule has 0 spiro atoms. The van der Waals surface area contributed by atoms with Crippen LogP contribution in [-0.4, -0.2) is 64.6 Å². The van der Waals surface area contributed by atoms with E-state index in [0.29, 0.717) is 17.2 Å². The summed E-state index contributed by atoms with van der Waals surface area (Å²) in [4.78, 5) is 70.8. The Morgan fingerprint density at radius 1 is 1.00 bits per heavy atom. The summed E-state index contributed by atoms with van der Waals surface area (Å²) in [5, 5.41) is 12.0. The van der Waals surface area contributed by atoms with Crippen LogP contribution in [0.2, 0.25) is 0 Å². The number of nitro benzene ring substituents is 1. The number of carbonyl (C=O) groups excluding carboxylic acids is 3. The number of amides is 3. The summed E-state index contributed by atoms with van der Waals surface area (Å²) in [7, 11) is 1.55. The Morgan fingerprint density at radius 3 is 2.43 bits per heavy atom. The number of aromatic amines is 1. The van der Waals surface area contributed by atoms with Gasteiger partial charge in [0.2, 0.25) is 11.8 Å². The summed E-state index contributed by atoms with van der Waals surface area (Å²) in [5.41, 5.74) is 1.14. The molecule has 244 valence electrons. The molecule has 2 aromatic carbocycles. The Kier molecular flexibility index (Phi) is 7.39. The molecule has 0 unspecified atom stereocenters. The van der Waals surface area contributed by atoms with Gasteiger partial charge in [0, 0.05) is 41.3 Å². The molecule has 1 N–H and O–H groups in total. The molecule has 2 aliphatic carbocycles. The summed E-state index contributed by atoms with van der Waals surface area (Å²) in [6, 6.07) is 11.2. The number of hydrogen-bond donors (Lipinski definition) is 1. The highest BCUT2D eigenvalue weighted by molar-refractivity contribution is 8.00. The number of aromatic nitrogens is 1. The van der Waals surface area contributed by atoms with Gasteiger partial charge in [0.05, 0.1) is 34.6 Å². The average molecular weight is 677 g/mol. The van der Waals surface area contributed by atoms with Crippen LogP contribution in [0.1, 0.15) is 42.0 Å². The molecule has 47 heavy (non-hydrogen) atoms. The largest absolute Gasteiger partial charge is 0.493 e. The number of rotatable bonds is 7. The van der Waals surface area contributed by atoms with E-state index in [-0.39, 0.29) is 63.8 Å². The summed E-state index contributed by atoms with van der Waals surface area (Å²) in [6.07, 6.45) is 3.86. The second kappa shape index (κ2) is 11.5. The number of methoxy groups -OCH3 is 1. The van der Waals surface area contributed by atoms with Crippen LogP contribution in [0.15, 0.2) is 52.3 Å². The molecule has 3 aromatic rings. The number of ether oxygens (including phenoxy) is 2. The first-order valence-electron chi connectivity index (χ1n) is 15.9. The van der Waals surface area contributed by atoms with Crippen molar-refractivity contribution in [2.75, 3.05) is 31.7 Å². The lowest BCUT2D eigenvalue weighted by Crippen LogP contribution is -2.42. The summed E-state index contributed by atoms with van der Waals surface area (Å²) in [5.74, 6) is -1.03. The van der Waals surface area contributed by atoms with E-state index >= 15 is 0 Å². The molecular formula is C33H32N4O8S2. The number of fused-ring (bicyclic) bond motifs is 9. The monoisotopic (exact) mass is 676 g/mol. The van der Waals surface area contributed by atoms with Crippen molar-refractivity contribution in [3.8, 4) is 11.5 Å². The Hall–Kier alpha value is -4.17. The number of carbonyl (C=O) groups is 3. The summed E-state index contributed by atoms with van der Waals surface area (Å²) >= 11 is 2.78. The molecule has 1 aromatic heterocycles. The molecule has 2 saturated carbocycles. The van der Waals surface area contributed by atoms with Gasteiger partial charge in [0.1, 0.15) is 0 Å². The van der Waals surface area contributed by atoms with Gasteiger partial charge in [-0.05, 0) is 73.3 Å². The third kappa shape index (κ3) is 4.78. The maximum absolute atomic E-state index is 14.0. The van der Waals surface area contributed by atoms with Gasteiger partial charge in [0.15, 0.2) is 18.1 Å². The van der Waals surface area contributed by atoms with Gasteiger partial charge < -0.3 is 19.4 Å². The molecule has 3 aliphatic heterocycles. The van der Waals surface area contributed by atoms with Gasteiger partial charge in [-0.15, -0.1) is 11.8 Å². The smallest absolute Gasteiger partial charge is 0.305 e. The predicted molar refractivity (Wildman–Crippen MR) is 173 cm³/mol. The van der Waals surface area contributed by atoms with E-state index in [1.165, 1.54) is 40.5 Å². The minimum Gasteiger partial charge on any atom is -0.493 e. The third-order valence-electron chi connectivity index (χ3n) is 10.6. The lowest BCUT2D eigenvalue weighted by Gasteiger charge is -2.43. The van der Waals surface area contributed by atoms with Crippen LogP contribution < -0.4 is 19.2 Å². The highest BCUT2D eigenvalue weighted by Crippen LogP contribution is 2.68. The lowest BCUT2D eigenvalue weighted by atomic mass is 9.68. The number of imide groups is 1. The molecule has 14 heteroatoms. The minimum absolute atomic E-state index is 0.00152. The number of H-pyrrole nitrogens is 1. The van der Waals surface area contributed by atoms with E-state index in [2.05, 4.69) is 4.98 Å². The quantitative estimate of drug-likeness (QED) is 0.218. The van der Waals surface area contributed by atoms with Crippen molar-refractivity contribution in [3.63, 3.8) is 0 Å². The number of thioether (sulfide) groups is 1. The molecule has 12 nitrogen and oxygen atoms in total. The lowest BCUT2D eigenvalue weighted by molar-refractivity contribution is -0.384. The van der Waals surface area contributed by atoms with Crippen molar-refractivity contribution in [1.82, 2.24) is 9.88 Å². The average Bonchev–Trinajstić information content (AvgIpc) is 3.82. The van der Waals surface area contributed by atoms with Crippen LogP contribution in [0.4, 0.5) is 11.4 Å². The number of nitro groups is 1. The van der Waals surface area contributed by atoms with E-state index in [4.69, 9.17) is 9.47 Å². The Labute approximate surface area is 277 Å². The maximum Gasteiger partial charge on any atom is 0.305 e. The van der Waals surface area contributed by atoms with Gasteiger partial charge in [-0.1, -0.05) is 17.4 Å². The highest BCUT2D eigenvalue weighted by atomic mass is 32.2. The van der Waals surface area contributed by atoms with Crippen LogP contribution in [0.3, 0.4) is 0 Å². The molecule has 7 atom stereocenters. The zero-order valence-corrected chi connectivity index (χ0v) is 27.1. The van der Waals surface area contributed by atoms with Crippen LogP contribution in [0.25, 0.3) is 0 Å². The van der Waals surface area contributed by atoms with Crippen LogP contribution >= 0.6 is 23.1 Å². The number of benzene rings is 2. The second-order valence-electron chi connectivity index (χ2n) is 12.9. The number of anilines is 1. The summed E-state index contributed by atoms with van der Waals surface area (Å²) < 4.78 is 11.7. The number of nitrogens with zero attached hydrogens (tertiary/aromatic N) is 3. The standard InChI is InChI=1S/C33H32N4O8S2/c1-44-22-13-16(5-10-21(22)45-15-23(38)35-11-3-2-4-12-35)24-25-19-14-20(28(25)46-30-29(24)47-33(41)34-30)27-26(19)31(39)36(32(27)40)17-6-8-18(9-7-17)37(42)43/h5-10,13,19-20,24-28H,2-4,11-12,14-15H2,1H3,(H,34,41)/t19-,20-,24+,25-,26+,27+,28-/m1/s1. The number of non-ortho nitro benzene ring substituents is 1. The molecule has 2 saturated heterocycles. The Morgan fingerprint density at radius 2 is 1.72 bits per heavy atom. The fraction of sp³-hybridized carbons (Fsp3) is 0.455. The van der Waals surface area contributed by atoms with Crippen molar-refractivity contribution >= 4 is 52.2 Å². The van der Waals surface area contributed by atoms with Crippen molar-refractivity contribution in [1.29, 1.82) is 0 Å². The first-order chi connectivity index (χ1) is 22.7.